The molecule has 4 rings (SSSR count). The van der Waals surface area contributed by atoms with Gasteiger partial charge >= 0.3 is 5.97 Å². The second-order valence-corrected chi connectivity index (χ2v) is 10.1. The van der Waals surface area contributed by atoms with Crippen molar-refractivity contribution in [2.45, 2.75) is 17.2 Å². The lowest BCUT2D eigenvalue weighted by Crippen LogP contribution is -2.71. The molecule has 2 aliphatic heterocycles. The number of rotatable bonds is 8. The maximum Gasteiger partial charge on any atom is 0.353 e. The van der Waals surface area contributed by atoms with Gasteiger partial charge in [-0.25, -0.2) is 14.8 Å². The number of aromatic nitrogens is 3. The van der Waals surface area contributed by atoms with Gasteiger partial charge in [0.05, 0.1) is 5.69 Å². The molecule has 0 spiro atoms. The number of oxime groups is 1. The van der Waals surface area contributed by atoms with Crippen molar-refractivity contribution in [2.24, 2.45) is 5.16 Å². The van der Waals surface area contributed by atoms with Gasteiger partial charge in [0.2, 0.25) is 5.95 Å². The lowest BCUT2D eigenvalue weighted by atomic mass is 10.0. The fourth-order valence-corrected chi connectivity index (χ4v) is 6.45. The number of nitrogen functional groups attached to an aromatic ring is 3. The Balaban J connectivity index is 1.49. The molecule has 0 aliphatic carbocycles. The molecule has 35 heavy (non-hydrogen) atoms. The molecule has 2 aromatic heterocycles. The molecule has 1 unspecified atom stereocenters. The Bertz CT molecular complexity index is 1240. The number of nitrogens with one attached hydrogen (secondary N) is 1. The van der Waals surface area contributed by atoms with Crippen molar-refractivity contribution in [2.75, 3.05) is 30.1 Å². The van der Waals surface area contributed by atoms with Crippen LogP contribution in [-0.4, -0.2) is 72.7 Å². The summed E-state index contributed by atoms with van der Waals surface area (Å²) in [5.41, 5.74) is 17.4. The number of carboxylic acids is 1. The predicted molar refractivity (Wildman–Crippen MR) is 132 cm³/mol. The van der Waals surface area contributed by atoms with E-state index in [1.807, 2.05) is 0 Å². The van der Waals surface area contributed by atoms with Crippen LogP contribution in [0.3, 0.4) is 0 Å². The second kappa shape index (κ2) is 9.96. The predicted octanol–water partition coefficient (Wildman–Crippen LogP) is -0.340. The zero-order valence-corrected chi connectivity index (χ0v) is 20.4. The summed E-state index contributed by atoms with van der Waals surface area (Å²) in [7, 11) is 1.27. The van der Waals surface area contributed by atoms with Crippen LogP contribution in [0.15, 0.2) is 27.2 Å². The monoisotopic (exact) mass is 537 g/mol. The number of thioether (sulfide) groups is 2. The molecule has 8 N–H and O–H groups in total. The van der Waals surface area contributed by atoms with Gasteiger partial charge in [0, 0.05) is 27.9 Å². The summed E-state index contributed by atoms with van der Waals surface area (Å²) in [4.78, 5) is 56.1. The van der Waals surface area contributed by atoms with E-state index >= 15 is 0 Å². The summed E-state index contributed by atoms with van der Waals surface area (Å²) in [6.07, 6.45) is 0. The van der Waals surface area contributed by atoms with E-state index in [2.05, 4.69) is 25.4 Å². The molecule has 0 aromatic carbocycles. The standard InChI is InChI=1S/C18H19N9O5S3/c1-32-26-10(7-4-35-18(21)23-7)13(28)25-11-14(29)27-12(16(30)31)8(5-34-15(11)27)33-3-6-2-9(19)24-17(20)22-6/h2,4,11,15H,3,5H2,1H3,(H2,21,23)(H,25,28)(H,30,31)(H4,19,20,22,24)/b26-10+/t11?,15-/m1/s1. The Hall–Kier alpha value is -3.57. The number of nitrogens with two attached hydrogens (primary N) is 3. The first-order valence-electron chi connectivity index (χ1n) is 9.75. The Morgan fingerprint density at radius 1 is 1.34 bits per heavy atom. The third-order valence-electron chi connectivity index (χ3n) is 4.80. The molecular formula is C18H19N9O5S3. The van der Waals surface area contributed by atoms with Crippen molar-refractivity contribution < 1.29 is 24.3 Å². The summed E-state index contributed by atoms with van der Waals surface area (Å²) in [6, 6.07) is 0.589. The molecule has 2 aliphatic rings. The summed E-state index contributed by atoms with van der Waals surface area (Å²) in [5.74, 6) is -1.70. The van der Waals surface area contributed by atoms with Crippen LogP contribution < -0.4 is 22.5 Å². The van der Waals surface area contributed by atoms with E-state index in [4.69, 9.17) is 22.0 Å². The van der Waals surface area contributed by atoms with Crippen molar-refractivity contribution >= 4 is 75.3 Å². The molecule has 14 nitrogen and oxygen atoms in total. The number of aliphatic carboxylic acids is 1. The minimum Gasteiger partial charge on any atom is -0.477 e. The maximum absolute atomic E-state index is 12.9. The first-order chi connectivity index (χ1) is 16.7. The number of fused-ring (bicyclic) bond motifs is 1. The van der Waals surface area contributed by atoms with Gasteiger partial charge in [-0.1, -0.05) is 5.16 Å². The normalized spacial score (nSPS) is 19.7. The first-order valence-corrected chi connectivity index (χ1v) is 12.7. The number of hydrogen-bond acceptors (Lipinski definition) is 14. The number of carbonyl (C=O) groups excluding carboxylic acids is 2. The number of anilines is 3. The zero-order chi connectivity index (χ0) is 25.3. The average Bonchev–Trinajstić information content (AvgIpc) is 3.23. The lowest BCUT2D eigenvalue weighted by molar-refractivity contribution is -0.150. The van der Waals surface area contributed by atoms with Gasteiger partial charge in [0.25, 0.3) is 11.8 Å². The lowest BCUT2D eigenvalue weighted by Gasteiger charge is -2.49. The van der Waals surface area contributed by atoms with E-state index in [0.717, 1.165) is 11.3 Å². The zero-order valence-electron chi connectivity index (χ0n) is 18.0. The molecule has 4 heterocycles. The number of nitrogens with zero attached hydrogens (tertiary/aromatic N) is 5. The van der Waals surface area contributed by atoms with Crippen LogP contribution in [0.5, 0.6) is 0 Å². The van der Waals surface area contributed by atoms with Crippen LogP contribution in [0.25, 0.3) is 0 Å². The van der Waals surface area contributed by atoms with Crippen molar-refractivity contribution in [1.29, 1.82) is 0 Å². The smallest absolute Gasteiger partial charge is 0.353 e. The third-order valence-corrected chi connectivity index (χ3v) is 8.06. The number of thiazole rings is 1. The van der Waals surface area contributed by atoms with Gasteiger partial charge in [-0.15, -0.1) is 34.9 Å². The van der Waals surface area contributed by atoms with E-state index in [1.54, 1.807) is 6.07 Å². The molecule has 0 radical (unpaired) electrons. The molecule has 1 saturated heterocycles. The molecule has 1 fully saturated rings. The highest BCUT2D eigenvalue weighted by atomic mass is 32.2. The van der Waals surface area contributed by atoms with Gasteiger partial charge in [-0.3, -0.25) is 14.5 Å². The molecule has 2 amide bonds. The first kappa shape index (κ1) is 24.6. The molecule has 17 heteroatoms. The number of carboxylic acid groups (broad SMARTS) is 1. The Kier molecular flexibility index (Phi) is 6.99. The topological polar surface area (TPSA) is 225 Å². The Morgan fingerprint density at radius 2 is 2.11 bits per heavy atom. The Morgan fingerprint density at radius 3 is 2.74 bits per heavy atom. The van der Waals surface area contributed by atoms with Crippen molar-refractivity contribution in [3.8, 4) is 0 Å². The number of amides is 2. The molecule has 2 aromatic rings. The van der Waals surface area contributed by atoms with Crippen molar-refractivity contribution in [3.63, 3.8) is 0 Å². The largest absolute Gasteiger partial charge is 0.477 e. The minimum absolute atomic E-state index is 0.0133. The fourth-order valence-electron chi connectivity index (χ4n) is 3.38. The summed E-state index contributed by atoms with van der Waals surface area (Å²) in [6.45, 7) is 0. The highest BCUT2D eigenvalue weighted by molar-refractivity contribution is 8.05. The highest BCUT2D eigenvalue weighted by Crippen LogP contribution is 2.44. The van der Waals surface area contributed by atoms with E-state index in [-0.39, 0.29) is 39.8 Å². The summed E-state index contributed by atoms with van der Waals surface area (Å²) >= 11 is 3.65. The number of carbonyl (C=O) groups is 3. The van der Waals surface area contributed by atoms with Crippen molar-refractivity contribution in [3.05, 3.63) is 33.4 Å². The molecule has 0 saturated carbocycles. The average molecular weight is 538 g/mol. The van der Waals surface area contributed by atoms with Crippen LogP contribution in [0.1, 0.15) is 11.4 Å². The minimum atomic E-state index is -1.25. The maximum atomic E-state index is 12.9. The van der Waals surface area contributed by atoms with Crippen molar-refractivity contribution in [1.82, 2.24) is 25.2 Å². The van der Waals surface area contributed by atoms with E-state index in [9.17, 15) is 19.5 Å². The van der Waals surface area contributed by atoms with Gasteiger partial charge in [-0.05, 0) is 0 Å². The third kappa shape index (κ3) is 4.96. The van der Waals surface area contributed by atoms with Gasteiger partial charge in [0.1, 0.15) is 35.7 Å². The van der Waals surface area contributed by atoms with Crippen LogP contribution >= 0.6 is 34.9 Å². The van der Waals surface area contributed by atoms with Gasteiger partial charge < -0.3 is 32.5 Å². The van der Waals surface area contributed by atoms with E-state index in [1.165, 1.54) is 40.9 Å². The number of β-lactam (4-membered cyclic amide) rings is 1. The van der Waals surface area contributed by atoms with E-state index < -0.39 is 29.2 Å². The van der Waals surface area contributed by atoms with Crippen LogP contribution in [0.4, 0.5) is 16.9 Å². The van der Waals surface area contributed by atoms with Gasteiger partial charge in [0.15, 0.2) is 10.8 Å². The quantitative estimate of drug-likeness (QED) is 0.165. The van der Waals surface area contributed by atoms with Crippen LogP contribution in [-0.2, 0) is 25.0 Å². The summed E-state index contributed by atoms with van der Waals surface area (Å²) in [5, 5.41) is 17.3. The van der Waals surface area contributed by atoms with Crippen LogP contribution in [0.2, 0.25) is 0 Å². The molecular weight excluding hydrogens is 518 g/mol. The SMILES string of the molecule is CO/N=C(/C(=O)NC1C(=O)N2C(C(=O)O)=C(SCc3cc(N)nc(N)n3)CS[C@H]12)c1csc(N)n1. The molecule has 0 bridgehead atoms. The van der Waals surface area contributed by atoms with Gasteiger partial charge in [-0.2, -0.15) is 4.98 Å². The van der Waals surface area contributed by atoms with Crippen LogP contribution in [0, 0.1) is 0 Å². The highest BCUT2D eigenvalue weighted by Gasteiger charge is 2.54. The molecule has 184 valence electrons. The molecule has 2 atom stereocenters. The second-order valence-electron chi connectivity index (χ2n) is 7.06. The van der Waals surface area contributed by atoms with E-state index in [0.29, 0.717) is 16.4 Å². The number of hydrogen-bond donors (Lipinski definition) is 5. The fraction of sp³-hybridized carbons (Fsp3) is 0.278. The Labute approximate surface area is 210 Å². The summed E-state index contributed by atoms with van der Waals surface area (Å²) < 4.78 is 0.